The van der Waals surface area contributed by atoms with Crippen LogP contribution in [0.5, 0.6) is 5.75 Å². The van der Waals surface area contributed by atoms with E-state index in [-0.39, 0.29) is 24.9 Å². The van der Waals surface area contributed by atoms with Crippen LogP contribution in [-0.2, 0) is 14.8 Å². The van der Waals surface area contributed by atoms with Gasteiger partial charge in [-0.2, -0.15) is 0 Å². The first-order valence-electron chi connectivity index (χ1n) is 10.8. The molecule has 3 rings (SSSR count). The topological polar surface area (TPSA) is 75.7 Å². The van der Waals surface area contributed by atoms with E-state index in [1.807, 2.05) is 61.5 Å². The molecule has 0 unspecified atom stereocenters. The molecule has 0 fully saturated rings. The highest BCUT2D eigenvalue weighted by Crippen LogP contribution is 2.26. The predicted octanol–water partition coefficient (Wildman–Crippen LogP) is 4.46. The minimum Gasteiger partial charge on any atom is -0.497 e. The molecule has 7 heteroatoms. The summed E-state index contributed by atoms with van der Waals surface area (Å²) in [7, 11) is -1.98. The Morgan fingerprint density at radius 2 is 1.70 bits per heavy atom. The van der Waals surface area contributed by atoms with Gasteiger partial charge in [0.2, 0.25) is 15.9 Å². The number of carbonyl (C=O) groups excluding carboxylic acids is 1. The quantitative estimate of drug-likeness (QED) is 0.479. The number of carbonyl (C=O) groups is 1. The van der Waals surface area contributed by atoms with Gasteiger partial charge in [0.05, 0.1) is 25.1 Å². The van der Waals surface area contributed by atoms with Gasteiger partial charge in [-0.25, -0.2) is 8.42 Å². The van der Waals surface area contributed by atoms with Crippen LogP contribution in [-0.4, -0.2) is 34.2 Å². The van der Waals surface area contributed by atoms with Crippen LogP contribution in [0.4, 0.5) is 5.69 Å². The van der Waals surface area contributed by atoms with Crippen molar-refractivity contribution in [3.8, 4) is 5.75 Å². The van der Waals surface area contributed by atoms with E-state index in [1.165, 1.54) is 11.4 Å². The van der Waals surface area contributed by atoms with E-state index in [4.69, 9.17) is 4.74 Å². The maximum Gasteiger partial charge on any atom is 0.232 e. The summed E-state index contributed by atoms with van der Waals surface area (Å²) in [6.07, 6.45) is 1.74. The highest BCUT2D eigenvalue weighted by molar-refractivity contribution is 7.92. The number of anilines is 1. The summed E-state index contributed by atoms with van der Waals surface area (Å²) < 4.78 is 31.3. The maximum atomic E-state index is 12.9. The number of sulfonamides is 1. The molecule has 174 valence electrons. The Hall–Kier alpha value is -3.32. The van der Waals surface area contributed by atoms with E-state index in [0.29, 0.717) is 17.9 Å². The summed E-state index contributed by atoms with van der Waals surface area (Å²) in [6, 6.07) is 24.4. The van der Waals surface area contributed by atoms with Gasteiger partial charge in [-0.3, -0.25) is 9.10 Å². The number of hydrogen-bond donors (Lipinski definition) is 1. The molecule has 0 aliphatic rings. The van der Waals surface area contributed by atoms with E-state index < -0.39 is 10.0 Å². The third-order valence-electron chi connectivity index (χ3n) is 5.44. The number of hydrogen-bond acceptors (Lipinski definition) is 4. The molecule has 0 bridgehead atoms. The average Bonchev–Trinajstić information content (AvgIpc) is 2.80. The summed E-state index contributed by atoms with van der Waals surface area (Å²) in [5, 5.41) is 3.13. The van der Waals surface area contributed by atoms with Gasteiger partial charge in [-0.1, -0.05) is 60.7 Å². The molecule has 3 aromatic rings. The number of ether oxygens (including phenoxy) is 1. The van der Waals surface area contributed by atoms with Gasteiger partial charge < -0.3 is 10.1 Å². The van der Waals surface area contributed by atoms with Crippen LogP contribution in [0.25, 0.3) is 0 Å². The van der Waals surface area contributed by atoms with Crippen molar-refractivity contribution in [3.63, 3.8) is 0 Å². The van der Waals surface area contributed by atoms with Crippen molar-refractivity contribution in [2.45, 2.75) is 25.8 Å². The summed E-state index contributed by atoms with van der Waals surface area (Å²) in [5.41, 5.74) is 3.63. The highest BCUT2D eigenvalue weighted by Gasteiger charge is 2.21. The molecule has 1 amide bonds. The molecule has 6 nitrogen and oxygen atoms in total. The van der Waals surface area contributed by atoms with Crippen LogP contribution in [0, 0.1) is 6.92 Å². The fourth-order valence-electron chi connectivity index (χ4n) is 3.77. The molecule has 0 saturated carbocycles. The lowest BCUT2D eigenvalue weighted by Gasteiger charge is -2.24. The first kappa shape index (κ1) is 24.3. The van der Waals surface area contributed by atoms with Crippen LogP contribution >= 0.6 is 0 Å². The Bertz CT molecular complexity index is 1180. The van der Waals surface area contributed by atoms with E-state index in [0.717, 1.165) is 22.9 Å². The zero-order valence-corrected chi connectivity index (χ0v) is 20.0. The fourth-order valence-corrected chi connectivity index (χ4v) is 4.72. The van der Waals surface area contributed by atoms with Gasteiger partial charge in [0, 0.05) is 19.0 Å². The zero-order valence-electron chi connectivity index (χ0n) is 19.2. The molecule has 33 heavy (non-hydrogen) atoms. The molecule has 0 aliphatic heterocycles. The SMILES string of the molecule is COc1cccc(N(CCCC(=O)N[C@@H](c2ccccc2)c2ccccc2C)S(C)(=O)=O)c1. The second-order valence-corrected chi connectivity index (χ2v) is 9.81. The minimum atomic E-state index is -3.51. The first-order valence-corrected chi connectivity index (χ1v) is 12.7. The molecule has 3 aromatic carbocycles. The fraction of sp³-hybridized carbons (Fsp3) is 0.269. The van der Waals surface area contributed by atoms with Crippen LogP contribution in [0.3, 0.4) is 0 Å². The van der Waals surface area contributed by atoms with Crippen LogP contribution in [0.15, 0.2) is 78.9 Å². The molecule has 0 saturated heterocycles. The molecule has 0 heterocycles. The number of amides is 1. The second-order valence-electron chi connectivity index (χ2n) is 7.91. The molecule has 0 aromatic heterocycles. The third kappa shape index (κ3) is 6.58. The van der Waals surface area contributed by atoms with Crippen molar-refractivity contribution in [2.75, 3.05) is 24.2 Å². The largest absolute Gasteiger partial charge is 0.497 e. The number of nitrogens with zero attached hydrogens (tertiary/aromatic N) is 1. The van der Waals surface area contributed by atoms with Gasteiger partial charge in [0.25, 0.3) is 0 Å². The number of aryl methyl sites for hydroxylation is 1. The van der Waals surface area contributed by atoms with Gasteiger partial charge in [-0.05, 0) is 42.2 Å². The lowest BCUT2D eigenvalue weighted by Crippen LogP contribution is -2.33. The van der Waals surface area contributed by atoms with E-state index in [2.05, 4.69) is 5.32 Å². The number of methoxy groups -OCH3 is 1. The summed E-state index contributed by atoms with van der Waals surface area (Å²) in [5.74, 6) is 0.439. The molecule has 0 radical (unpaired) electrons. The zero-order chi connectivity index (χ0) is 23.8. The molecule has 1 atom stereocenters. The van der Waals surface area contributed by atoms with E-state index in [1.54, 1.807) is 24.3 Å². The van der Waals surface area contributed by atoms with Crippen LogP contribution in [0.2, 0.25) is 0 Å². The smallest absolute Gasteiger partial charge is 0.232 e. The summed E-state index contributed by atoms with van der Waals surface area (Å²) >= 11 is 0. The number of benzene rings is 3. The van der Waals surface area contributed by atoms with Gasteiger partial charge in [0.15, 0.2) is 0 Å². The lowest BCUT2D eigenvalue weighted by molar-refractivity contribution is -0.121. The molecule has 0 aliphatic carbocycles. The Balaban J connectivity index is 1.71. The maximum absolute atomic E-state index is 12.9. The van der Waals surface area contributed by atoms with Crippen LogP contribution in [0.1, 0.15) is 35.6 Å². The summed E-state index contributed by atoms with van der Waals surface area (Å²) in [4.78, 5) is 12.9. The van der Waals surface area contributed by atoms with Crippen LogP contribution < -0.4 is 14.4 Å². The Kier molecular flexibility index (Phi) is 8.11. The second kappa shape index (κ2) is 11.0. The number of nitrogens with one attached hydrogen (secondary N) is 1. The Morgan fingerprint density at radius 3 is 2.36 bits per heavy atom. The Labute approximate surface area is 196 Å². The predicted molar refractivity (Wildman–Crippen MR) is 132 cm³/mol. The normalized spacial score (nSPS) is 12.1. The lowest BCUT2D eigenvalue weighted by atomic mass is 9.95. The van der Waals surface area contributed by atoms with E-state index >= 15 is 0 Å². The van der Waals surface area contributed by atoms with Crippen molar-refractivity contribution in [1.29, 1.82) is 0 Å². The van der Waals surface area contributed by atoms with Gasteiger partial charge >= 0.3 is 0 Å². The number of rotatable bonds is 10. The monoisotopic (exact) mass is 466 g/mol. The van der Waals surface area contributed by atoms with Crippen molar-refractivity contribution < 1.29 is 17.9 Å². The van der Waals surface area contributed by atoms with Crippen molar-refractivity contribution in [2.24, 2.45) is 0 Å². The first-order chi connectivity index (χ1) is 15.8. The van der Waals surface area contributed by atoms with Crippen molar-refractivity contribution in [1.82, 2.24) is 5.32 Å². The van der Waals surface area contributed by atoms with Crippen molar-refractivity contribution >= 4 is 21.6 Å². The summed E-state index contributed by atoms with van der Waals surface area (Å²) in [6.45, 7) is 2.22. The minimum absolute atomic E-state index is 0.133. The standard InChI is InChI=1S/C26H30N2O4S/c1-20-11-7-8-16-24(20)26(21-12-5-4-6-13-21)27-25(29)17-10-18-28(33(3,30)31)22-14-9-15-23(19-22)32-2/h4-9,11-16,19,26H,10,17-18H2,1-3H3,(H,27,29)/t26-/m0/s1. The molecular weight excluding hydrogens is 436 g/mol. The Morgan fingerprint density at radius 1 is 1.00 bits per heavy atom. The van der Waals surface area contributed by atoms with E-state index in [9.17, 15) is 13.2 Å². The van der Waals surface area contributed by atoms with Crippen molar-refractivity contribution in [3.05, 3.63) is 95.6 Å². The third-order valence-corrected chi connectivity index (χ3v) is 6.64. The molecule has 0 spiro atoms. The molecule has 1 N–H and O–H groups in total. The average molecular weight is 467 g/mol. The van der Waals surface area contributed by atoms with Gasteiger partial charge in [0.1, 0.15) is 5.75 Å². The van der Waals surface area contributed by atoms with Gasteiger partial charge in [-0.15, -0.1) is 0 Å². The molecular formula is C26H30N2O4S. The highest BCUT2D eigenvalue weighted by atomic mass is 32.2.